The summed E-state index contributed by atoms with van der Waals surface area (Å²) < 4.78 is 0. The lowest BCUT2D eigenvalue weighted by Crippen LogP contribution is -2.26. The molecule has 19 heavy (non-hydrogen) atoms. The molecule has 0 aromatic heterocycles. The van der Waals surface area contributed by atoms with Crippen LogP contribution in [0.4, 0.5) is 5.69 Å². The summed E-state index contributed by atoms with van der Waals surface area (Å²) >= 11 is 0. The van der Waals surface area contributed by atoms with Gasteiger partial charge in [0.15, 0.2) is 0 Å². The van der Waals surface area contributed by atoms with E-state index in [4.69, 9.17) is 5.73 Å². The quantitative estimate of drug-likeness (QED) is 0.797. The van der Waals surface area contributed by atoms with Crippen molar-refractivity contribution in [1.29, 1.82) is 0 Å². The number of hydrogen-bond donors (Lipinski definition) is 2. The number of anilines is 1. The first-order chi connectivity index (χ1) is 9.02. The molecule has 3 N–H and O–H groups in total. The monoisotopic (exact) mass is 258 g/mol. The van der Waals surface area contributed by atoms with E-state index in [9.17, 15) is 0 Å². The van der Waals surface area contributed by atoms with Gasteiger partial charge in [0.05, 0.1) is 0 Å². The molecule has 2 heteroatoms. The van der Waals surface area contributed by atoms with Crippen LogP contribution in [-0.2, 0) is 0 Å². The summed E-state index contributed by atoms with van der Waals surface area (Å²) in [4.78, 5) is 0. The number of nitrogen functional groups attached to an aromatic ring is 1. The minimum atomic E-state index is 0.721. The molecule has 1 aromatic rings. The molecule has 0 unspecified atom stereocenters. The van der Waals surface area contributed by atoms with Crippen molar-refractivity contribution in [2.24, 2.45) is 5.92 Å². The summed E-state index contributed by atoms with van der Waals surface area (Å²) in [6, 6.07) is 0. The molecule has 104 valence electrons. The van der Waals surface area contributed by atoms with Gasteiger partial charge in [-0.2, -0.15) is 0 Å². The minimum absolute atomic E-state index is 0.721. The molecule has 2 nitrogen and oxygen atoms in total. The third-order valence-electron chi connectivity index (χ3n) is 4.66. The topological polar surface area (TPSA) is 38.0 Å². The minimum Gasteiger partial charge on any atom is -0.398 e. The van der Waals surface area contributed by atoms with Crippen LogP contribution in [0, 0.1) is 33.6 Å². The number of benzene rings is 1. The Hall–Kier alpha value is -1.28. The van der Waals surface area contributed by atoms with E-state index in [1.807, 2.05) is 0 Å². The molecular weight excluding hydrogens is 232 g/mol. The first-order valence-corrected chi connectivity index (χ1v) is 7.27. The van der Waals surface area contributed by atoms with E-state index in [1.54, 1.807) is 0 Å². The molecule has 1 aliphatic heterocycles. The number of rotatable bonds is 2. The van der Waals surface area contributed by atoms with Gasteiger partial charge in [-0.3, -0.25) is 0 Å². The van der Waals surface area contributed by atoms with Gasteiger partial charge in [-0.05, 0) is 87.4 Å². The molecule has 2 rings (SSSR count). The van der Waals surface area contributed by atoms with Crippen molar-refractivity contribution in [3.05, 3.63) is 33.9 Å². The summed E-state index contributed by atoms with van der Waals surface area (Å²) in [5.74, 6) is 0.721. The van der Waals surface area contributed by atoms with Gasteiger partial charge < -0.3 is 11.1 Å². The van der Waals surface area contributed by atoms with Crippen LogP contribution in [-0.4, -0.2) is 13.1 Å². The molecule has 1 saturated heterocycles. The molecule has 1 heterocycles. The van der Waals surface area contributed by atoms with Crippen LogP contribution in [0.15, 0.2) is 6.08 Å². The van der Waals surface area contributed by atoms with E-state index in [-0.39, 0.29) is 0 Å². The smallest absolute Gasteiger partial charge is 0.0379 e. The predicted octanol–water partition coefficient (Wildman–Crippen LogP) is 3.52. The van der Waals surface area contributed by atoms with E-state index < -0.39 is 0 Å². The first kappa shape index (κ1) is 14.1. The van der Waals surface area contributed by atoms with Crippen molar-refractivity contribution in [2.45, 2.75) is 40.5 Å². The summed E-state index contributed by atoms with van der Waals surface area (Å²) in [5.41, 5.74) is 13.6. The Bertz CT molecular complexity index is 465. The molecule has 1 fully saturated rings. The third-order valence-corrected chi connectivity index (χ3v) is 4.66. The van der Waals surface area contributed by atoms with Gasteiger partial charge in [-0.1, -0.05) is 12.2 Å². The van der Waals surface area contributed by atoms with E-state index in [1.165, 1.54) is 40.7 Å². The molecule has 1 aromatic carbocycles. The summed E-state index contributed by atoms with van der Waals surface area (Å²) in [7, 11) is 0. The Balaban J connectivity index is 2.31. The van der Waals surface area contributed by atoms with Crippen molar-refractivity contribution in [2.75, 3.05) is 18.8 Å². The van der Waals surface area contributed by atoms with Crippen molar-refractivity contribution >= 4 is 11.8 Å². The van der Waals surface area contributed by atoms with Crippen molar-refractivity contribution < 1.29 is 0 Å². The van der Waals surface area contributed by atoms with Crippen LogP contribution in [0.1, 0.15) is 40.7 Å². The van der Waals surface area contributed by atoms with E-state index in [0.717, 1.165) is 24.7 Å². The Labute approximate surface area is 117 Å². The average molecular weight is 258 g/mol. The Morgan fingerprint density at radius 3 is 2.00 bits per heavy atom. The zero-order valence-electron chi connectivity index (χ0n) is 12.6. The predicted molar refractivity (Wildman–Crippen MR) is 84.4 cm³/mol. The van der Waals surface area contributed by atoms with Crippen LogP contribution in [0.25, 0.3) is 6.08 Å². The SMILES string of the molecule is Cc1c(C)c(/C=C/C2CCNCC2)c(C)c(C)c1N. The first-order valence-electron chi connectivity index (χ1n) is 7.27. The van der Waals surface area contributed by atoms with Gasteiger partial charge in [0, 0.05) is 5.69 Å². The number of nitrogens with one attached hydrogen (secondary N) is 1. The van der Waals surface area contributed by atoms with Crippen LogP contribution < -0.4 is 11.1 Å². The van der Waals surface area contributed by atoms with Crippen LogP contribution in [0.2, 0.25) is 0 Å². The zero-order chi connectivity index (χ0) is 14.0. The molecule has 0 amide bonds. The summed E-state index contributed by atoms with van der Waals surface area (Å²) in [5, 5.41) is 3.41. The molecule has 0 bridgehead atoms. The van der Waals surface area contributed by atoms with Gasteiger partial charge >= 0.3 is 0 Å². The lowest BCUT2D eigenvalue weighted by Gasteiger charge is -2.20. The third kappa shape index (κ3) is 2.84. The molecule has 0 spiro atoms. The van der Waals surface area contributed by atoms with Crippen molar-refractivity contribution in [3.63, 3.8) is 0 Å². The van der Waals surface area contributed by atoms with Crippen molar-refractivity contribution in [1.82, 2.24) is 5.32 Å². The second-order valence-corrected chi connectivity index (χ2v) is 5.77. The van der Waals surface area contributed by atoms with E-state index in [0.29, 0.717) is 0 Å². The highest BCUT2D eigenvalue weighted by Crippen LogP contribution is 2.30. The Morgan fingerprint density at radius 1 is 0.947 bits per heavy atom. The van der Waals surface area contributed by atoms with E-state index >= 15 is 0 Å². The van der Waals surface area contributed by atoms with Gasteiger partial charge in [0.1, 0.15) is 0 Å². The van der Waals surface area contributed by atoms with Crippen molar-refractivity contribution in [3.8, 4) is 0 Å². The van der Waals surface area contributed by atoms with Gasteiger partial charge in [0.25, 0.3) is 0 Å². The largest absolute Gasteiger partial charge is 0.398 e. The van der Waals surface area contributed by atoms with Gasteiger partial charge in [-0.15, -0.1) is 0 Å². The maximum Gasteiger partial charge on any atom is 0.0379 e. The van der Waals surface area contributed by atoms with Crippen LogP contribution in [0.3, 0.4) is 0 Å². The van der Waals surface area contributed by atoms with Crippen LogP contribution >= 0.6 is 0 Å². The summed E-state index contributed by atoms with van der Waals surface area (Å²) in [6.45, 7) is 10.9. The highest BCUT2D eigenvalue weighted by Gasteiger charge is 2.13. The molecule has 0 saturated carbocycles. The number of piperidine rings is 1. The standard InChI is InChI=1S/C17H26N2/c1-11-13(3)17(18)14(4)12(2)16(11)6-5-15-7-9-19-10-8-15/h5-6,15,19H,7-10,18H2,1-4H3/b6-5+. The molecule has 1 aliphatic rings. The highest BCUT2D eigenvalue weighted by molar-refractivity contribution is 5.69. The fourth-order valence-electron chi connectivity index (χ4n) is 2.89. The second kappa shape index (κ2) is 5.79. The fraction of sp³-hybridized carbons (Fsp3) is 0.529. The normalized spacial score (nSPS) is 17.3. The van der Waals surface area contributed by atoms with Gasteiger partial charge in [-0.25, -0.2) is 0 Å². The number of hydrogen-bond acceptors (Lipinski definition) is 2. The van der Waals surface area contributed by atoms with Crippen LogP contribution in [0.5, 0.6) is 0 Å². The lowest BCUT2D eigenvalue weighted by atomic mass is 9.90. The molecular formula is C17H26N2. The fourth-order valence-corrected chi connectivity index (χ4v) is 2.89. The second-order valence-electron chi connectivity index (χ2n) is 5.77. The van der Waals surface area contributed by atoms with E-state index in [2.05, 4.69) is 45.2 Å². The molecule has 0 radical (unpaired) electrons. The maximum absolute atomic E-state index is 6.16. The Kier molecular flexibility index (Phi) is 4.31. The lowest BCUT2D eigenvalue weighted by molar-refractivity contribution is 0.438. The van der Waals surface area contributed by atoms with Gasteiger partial charge in [0.2, 0.25) is 0 Å². The average Bonchev–Trinajstić information content (AvgIpc) is 2.44. The number of nitrogens with two attached hydrogens (primary N) is 1. The molecule has 0 aliphatic carbocycles. The Morgan fingerprint density at radius 2 is 1.47 bits per heavy atom. The summed E-state index contributed by atoms with van der Waals surface area (Å²) in [6.07, 6.45) is 7.22. The maximum atomic E-state index is 6.16. The molecule has 0 atom stereocenters. The highest BCUT2D eigenvalue weighted by atomic mass is 14.9. The zero-order valence-corrected chi connectivity index (χ0v) is 12.6. The number of allylic oxidation sites excluding steroid dienone is 1.